The second kappa shape index (κ2) is 9.29. The number of aryl methyl sites for hydroxylation is 1. The average molecular weight is 318 g/mol. The second-order valence-corrected chi connectivity index (χ2v) is 6.86. The fourth-order valence-corrected chi connectivity index (χ4v) is 3.62. The number of anilines is 1. The smallest absolute Gasteiger partial charge is 0.0398 e. The van der Waals surface area contributed by atoms with Crippen molar-refractivity contribution in [3.63, 3.8) is 0 Å². The lowest BCUT2D eigenvalue weighted by Crippen LogP contribution is -2.38. The molecule has 0 spiro atoms. The highest BCUT2D eigenvalue weighted by Crippen LogP contribution is 2.28. The highest BCUT2D eigenvalue weighted by Gasteiger charge is 2.17. The summed E-state index contributed by atoms with van der Waals surface area (Å²) in [6.45, 7) is 12.3. The van der Waals surface area contributed by atoms with Crippen LogP contribution >= 0.6 is 0 Å². The van der Waals surface area contributed by atoms with Gasteiger partial charge in [0.25, 0.3) is 0 Å². The van der Waals surface area contributed by atoms with Gasteiger partial charge in [0.05, 0.1) is 0 Å². The molecule has 0 amide bonds. The van der Waals surface area contributed by atoms with E-state index in [1.807, 2.05) is 0 Å². The van der Waals surface area contributed by atoms with Crippen molar-refractivity contribution in [2.75, 3.05) is 37.6 Å². The van der Waals surface area contributed by atoms with Gasteiger partial charge in [-0.15, -0.1) is 0 Å². The van der Waals surface area contributed by atoms with Gasteiger partial charge in [0, 0.05) is 31.4 Å². The van der Waals surface area contributed by atoms with Crippen LogP contribution in [0.4, 0.5) is 5.69 Å². The molecule has 0 aliphatic carbocycles. The van der Waals surface area contributed by atoms with E-state index in [0.29, 0.717) is 0 Å². The number of unbranched alkanes of at least 4 members (excludes halogenated alkanes) is 1. The van der Waals surface area contributed by atoms with Crippen LogP contribution in [0.2, 0.25) is 0 Å². The molecule has 0 aromatic heterocycles. The Morgan fingerprint density at radius 1 is 1.22 bits per heavy atom. The van der Waals surface area contributed by atoms with Crippen LogP contribution in [0.25, 0.3) is 0 Å². The molecule has 1 aromatic rings. The Hall–Kier alpha value is -1.06. The summed E-state index contributed by atoms with van der Waals surface area (Å²) in [4.78, 5) is 4.98. The minimum Gasteiger partial charge on any atom is -0.371 e. The van der Waals surface area contributed by atoms with Crippen LogP contribution in [-0.2, 0) is 12.8 Å². The lowest BCUT2D eigenvalue weighted by molar-refractivity contribution is 0.282. The largest absolute Gasteiger partial charge is 0.371 e. The average Bonchev–Trinajstić information content (AvgIpc) is 2.57. The molecule has 1 aliphatic heterocycles. The summed E-state index contributed by atoms with van der Waals surface area (Å²) in [6.07, 6.45) is 6.04. The van der Waals surface area contributed by atoms with Crippen molar-refractivity contribution in [1.82, 2.24) is 4.90 Å². The van der Waals surface area contributed by atoms with Crippen molar-refractivity contribution >= 4 is 5.69 Å². The van der Waals surface area contributed by atoms with Crippen LogP contribution in [0, 0.1) is 0 Å². The predicted octanol–water partition coefficient (Wildman–Crippen LogP) is 3.45. The molecule has 1 unspecified atom stereocenters. The van der Waals surface area contributed by atoms with Crippen LogP contribution in [0.3, 0.4) is 0 Å². The minimum absolute atomic E-state index is 0.229. The minimum atomic E-state index is 0.229. The molecule has 130 valence electrons. The lowest BCUT2D eigenvalue weighted by Gasteiger charge is -2.32. The first kappa shape index (κ1) is 18.3. The molecule has 3 nitrogen and oxygen atoms in total. The van der Waals surface area contributed by atoms with E-state index in [1.165, 1.54) is 55.6 Å². The number of hydrogen-bond acceptors (Lipinski definition) is 3. The number of hydrogen-bond donors (Lipinski definition) is 1. The van der Waals surface area contributed by atoms with Gasteiger partial charge in [-0.05, 0) is 56.0 Å². The molecule has 23 heavy (non-hydrogen) atoms. The van der Waals surface area contributed by atoms with E-state index in [2.05, 4.69) is 48.8 Å². The van der Waals surface area contributed by atoms with Crippen LogP contribution in [0.1, 0.15) is 51.2 Å². The van der Waals surface area contributed by atoms with Gasteiger partial charge in [0.15, 0.2) is 0 Å². The topological polar surface area (TPSA) is 32.5 Å². The third kappa shape index (κ3) is 5.22. The first-order valence-electron chi connectivity index (χ1n) is 9.52. The third-order valence-corrected chi connectivity index (χ3v) is 5.03. The van der Waals surface area contributed by atoms with Gasteiger partial charge in [-0.2, -0.15) is 0 Å². The summed E-state index contributed by atoms with van der Waals surface area (Å²) < 4.78 is 0. The summed E-state index contributed by atoms with van der Waals surface area (Å²) in [7, 11) is 0. The van der Waals surface area contributed by atoms with E-state index in [-0.39, 0.29) is 6.04 Å². The summed E-state index contributed by atoms with van der Waals surface area (Å²) >= 11 is 0. The molecule has 0 fully saturated rings. The van der Waals surface area contributed by atoms with E-state index in [9.17, 15) is 0 Å². The molecule has 1 aliphatic rings. The highest BCUT2D eigenvalue weighted by molar-refractivity contribution is 5.56. The van der Waals surface area contributed by atoms with Gasteiger partial charge in [-0.3, -0.25) is 0 Å². The Kier molecular flexibility index (Phi) is 7.38. The van der Waals surface area contributed by atoms with E-state index < -0.39 is 0 Å². The zero-order valence-corrected chi connectivity index (χ0v) is 15.4. The van der Waals surface area contributed by atoms with Gasteiger partial charge in [-0.25, -0.2) is 0 Å². The third-order valence-electron chi connectivity index (χ3n) is 5.03. The second-order valence-electron chi connectivity index (χ2n) is 6.86. The maximum absolute atomic E-state index is 6.37. The maximum Gasteiger partial charge on any atom is 0.0398 e. The molecule has 0 saturated heterocycles. The number of fused-ring (bicyclic) bond motifs is 1. The monoisotopic (exact) mass is 317 g/mol. The van der Waals surface area contributed by atoms with Crippen molar-refractivity contribution in [1.29, 1.82) is 0 Å². The Bertz CT molecular complexity index is 468. The number of likely N-dealkylation sites (N-methyl/N-ethyl adjacent to an activating group) is 1. The van der Waals surface area contributed by atoms with Crippen LogP contribution in [-0.4, -0.2) is 43.7 Å². The Morgan fingerprint density at radius 2 is 2.00 bits per heavy atom. The lowest BCUT2D eigenvalue weighted by atomic mass is 9.96. The first-order valence-corrected chi connectivity index (χ1v) is 9.52. The van der Waals surface area contributed by atoms with Crippen molar-refractivity contribution in [2.45, 2.75) is 58.9 Å². The Morgan fingerprint density at radius 3 is 2.70 bits per heavy atom. The molecule has 1 atom stereocenters. The standard InChI is InChI=1S/C20H35N3/c1-4-7-12-23-13-8-9-18-14-17(10-11-20(18)23)15-19(21)16-22(5-2)6-3/h10-11,14,19H,4-9,12-13,15-16,21H2,1-3H3. The van der Waals surface area contributed by atoms with Crippen molar-refractivity contribution < 1.29 is 0 Å². The Balaban J connectivity index is 2.00. The number of benzene rings is 1. The van der Waals surface area contributed by atoms with Gasteiger partial charge >= 0.3 is 0 Å². The SMILES string of the molecule is CCCCN1CCCc2cc(CC(N)CN(CC)CC)ccc21. The molecule has 3 heteroatoms. The fourth-order valence-electron chi connectivity index (χ4n) is 3.62. The van der Waals surface area contributed by atoms with Gasteiger partial charge in [-0.1, -0.05) is 39.3 Å². The van der Waals surface area contributed by atoms with Gasteiger partial charge in [0.2, 0.25) is 0 Å². The zero-order valence-electron chi connectivity index (χ0n) is 15.4. The van der Waals surface area contributed by atoms with Gasteiger partial charge < -0.3 is 15.5 Å². The van der Waals surface area contributed by atoms with Crippen molar-refractivity contribution in [3.05, 3.63) is 29.3 Å². The molecule has 0 radical (unpaired) electrons. The van der Waals surface area contributed by atoms with E-state index in [1.54, 1.807) is 0 Å². The normalized spacial score (nSPS) is 15.8. The first-order chi connectivity index (χ1) is 11.2. The fraction of sp³-hybridized carbons (Fsp3) is 0.700. The van der Waals surface area contributed by atoms with Crippen molar-refractivity contribution in [3.8, 4) is 0 Å². The summed E-state index contributed by atoms with van der Waals surface area (Å²) in [6, 6.07) is 7.28. The molecule has 0 saturated carbocycles. The van der Waals surface area contributed by atoms with E-state index in [0.717, 1.165) is 26.1 Å². The summed E-state index contributed by atoms with van der Waals surface area (Å²) in [5.41, 5.74) is 10.8. The maximum atomic E-state index is 6.37. The number of rotatable bonds is 9. The number of nitrogens with zero attached hydrogens (tertiary/aromatic N) is 2. The summed E-state index contributed by atoms with van der Waals surface area (Å²) in [5, 5.41) is 0. The Labute approximate surface area is 142 Å². The zero-order chi connectivity index (χ0) is 16.7. The molecule has 2 rings (SSSR count). The van der Waals surface area contributed by atoms with E-state index in [4.69, 9.17) is 5.73 Å². The number of nitrogens with two attached hydrogens (primary N) is 1. The summed E-state index contributed by atoms with van der Waals surface area (Å²) in [5.74, 6) is 0. The van der Waals surface area contributed by atoms with Crippen LogP contribution in [0.5, 0.6) is 0 Å². The quantitative estimate of drug-likeness (QED) is 0.757. The molecular weight excluding hydrogens is 282 g/mol. The molecule has 1 aromatic carbocycles. The predicted molar refractivity (Wildman–Crippen MR) is 101 cm³/mol. The van der Waals surface area contributed by atoms with Gasteiger partial charge in [0.1, 0.15) is 0 Å². The molecule has 2 N–H and O–H groups in total. The van der Waals surface area contributed by atoms with Crippen LogP contribution < -0.4 is 10.6 Å². The van der Waals surface area contributed by atoms with E-state index >= 15 is 0 Å². The molecule has 0 bridgehead atoms. The highest BCUT2D eigenvalue weighted by atomic mass is 15.1. The van der Waals surface area contributed by atoms with Crippen molar-refractivity contribution in [2.24, 2.45) is 5.73 Å². The van der Waals surface area contributed by atoms with Crippen LogP contribution in [0.15, 0.2) is 18.2 Å². The molecule has 1 heterocycles. The molecular formula is C20H35N3.